The van der Waals surface area contributed by atoms with Crippen LogP contribution in [0.1, 0.15) is 32.6 Å². The molecule has 1 saturated carbocycles. The largest absolute Gasteiger partial charge is 0.467 e. The summed E-state index contributed by atoms with van der Waals surface area (Å²) in [6, 6.07) is 0.308. The number of halogens is 1. The second kappa shape index (κ2) is 5.92. The van der Waals surface area contributed by atoms with Gasteiger partial charge in [0.15, 0.2) is 5.82 Å². The summed E-state index contributed by atoms with van der Waals surface area (Å²) in [4.78, 5) is 8.25. The van der Waals surface area contributed by atoms with Crippen LogP contribution in [0.15, 0.2) is 6.20 Å². The highest BCUT2D eigenvalue weighted by molar-refractivity contribution is 6.32. The Bertz CT molecular complexity index is 443. The number of hydrogen-bond acceptors (Lipinski definition) is 5. The average Bonchev–Trinajstić information content (AvgIpc) is 2.41. The third kappa shape index (κ3) is 3.28. The van der Waals surface area contributed by atoms with E-state index < -0.39 is 0 Å². The molecule has 0 aliphatic heterocycles. The number of ether oxygens (including phenoxy) is 1. The molecule has 0 radical (unpaired) electrons. The first-order valence-corrected chi connectivity index (χ1v) is 7.01. The second-order valence-electron chi connectivity index (χ2n) is 5.36. The maximum Gasteiger partial charge on any atom is 0.318 e. The Morgan fingerprint density at radius 1 is 1.63 bits per heavy atom. The first-order chi connectivity index (χ1) is 9.08. The van der Waals surface area contributed by atoms with Gasteiger partial charge in [-0.25, -0.2) is 4.98 Å². The summed E-state index contributed by atoms with van der Waals surface area (Å²) in [6.07, 6.45) is 6.05. The number of nitrogens with one attached hydrogen (secondary N) is 1. The van der Waals surface area contributed by atoms with Gasteiger partial charge in [0.25, 0.3) is 0 Å². The van der Waals surface area contributed by atoms with Crippen LogP contribution in [0.5, 0.6) is 6.01 Å². The lowest BCUT2D eigenvalue weighted by molar-refractivity contribution is 0.263. The molecule has 0 saturated heterocycles. The molecule has 1 aromatic heterocycles. The molecule has 0 spiro atoms. The minimum atomic E-state index is -0.124. The van der Waals surface area contributed by atoms with Crippen LogP contribution in [0.3, 0.4) is 0 Å². The van der Waals surface area contributed by atoms with Gasteiger partial charge in [0.1, 0.15) is 5.02 Å². The van der Waals surface area contributed by atoms with Crippen LogP contribution in [0.25, 0.3) is 0 Å². The van der Waals surface area contributed by atoms with Gasteiger partial charge < -0.3 is 15.8 Å². The lowest BCUT2D eigenvalue weighted by atomic mass is 9.76. The van der Waals surface area contributed by atoms with E-state index >= 15 is 0 Å². The summed E-state index contributed by atoms with van der Waals surface area (Å²) < 4.78 is 5.03. The Hall–Kier alpha value is -1.07. The van der Waals surface area contributed by atoms with E-state index in [0.29, 0.717) is 29.3 Å². The van der Waals surface area contributed by atoms with Crippen LogP contribution in [0, 0.1) is 5.92 Å². The molecule has 1 heterocycles. The highest BCUT2D eigenvalue weighted by Crippen LogP contribution is 2.35. The molecule has 0 bridgehead atoms. The van der Waals surface area contributed by atoms with Crippen LogP contribution >= 0.6 is 11.6 Å². The Kier molecular flexibility index (Phi) is 4.47. The Morgan fingerprint density at radius 2 is 2.42 bits per heavy atom. The number of nitrogens with zero attached hydrogens (tertiary/aromatic N) is 2. The first-order valence-electron chi connectivity index (χ1n) is 6.63. The SMILES string of the molecule is COc1ncc(Cl)c(NC2(CN)CCCC(C)C2)n1. The van der Waals surface area contributed by atoms with E-state index in [0.717, 1.165) is 12.8 Å². The molecule has 1 aromatic rings. The highest BCUT2D eigenvalue weighted by atomic mass is 35.5. The fraction of sp³-hybridized carbons (Fsp3) is 0.692. The molecule has 3 N–H and O–H groups in total. The number of aromatic nitrogens is 2. The molecule has 5 nitrogen and oxygen atoms in total. The number of anilines is 1. The Balaban J connectivity index is 2.22. The van der Waals surface area contributed by atoms with Gasteiger partial charge in [-0.1, -0.05) is 31.4 Å². The third-order valence-electron chi connectivity index (χ3n) is 3.77. The molecule has 1 fully saturated rings. The van der Waals surface area contributed by atoms with Gasteiger partial charge in [-0.05, 0) is 18.8 Å². The summed E-state index contributed by atoms with van der Waals surface area (Å²) in [5.74, 6) is 1.26. The second-order valence-corrected chi connectivity index (χ2v) is 5.77. The molecule has 19 heavy (non-hydrogen) atoms. The van der Waals surface area contributed by atoms with E-state index in [-0.39, 0.29) is 5.54 Å². The number of rotatable bonds is 4. The van der Waals surface area contributed by atoms with Crippen molar-refractivity contribution in [2.24, 2.45) is 11.7 Å². The summed E-state index contributed by atoms with van der Waals surface area (Å²) in [6.45, 7) is 2.83. The van der Waals surface area contributed by atoms with Crippen molar-refractivity contribution in [2.45, 2.75) is 38.1 Å². The van der Waals surface area contributed by atoms with E-state index in [1.807, 2.05) is 0 Å². The summed E-state index contributed by atoms with van der Waals surface area (Å²) in [5.41, 5.74) is 5.86. The summed E-state index contributed by atoms with van der Waals surface area (Å²) >= 11 is 6.14. The van der Waals surface area contributed by atoms with Gasteiger partial charge in [-0.15, -0.1) is 0 Å². The summed E-state index contributed by atoms with van der Waals surface area (Å²) in [7, 11) is 1.54. The van der Waals surface area contributed by atoms with Crippen LogP contribution in [-0.4, -0.2) is 29.2 Å². The zero-order chi connectivity index (χ0) is 13.9. The summed E-state index contributed by atoms with van der Waals surface area (Å²) in [5, 5.41) is 3.92. The van der Waals surface area contributed by atoms with Crippen LogP contribution in [0.4, 0.5) is 5.82 Å². The van der Waals surface area contributed by atoms with Crippen LogP contribution < -0.4 is 15.8 Å². The number of hydrogen-bond donors (Lipinski definition) is 2. The zero-order valence-corrected chi connectivity index (χ0v) is 12.2. The minimum Gasteiger partial charge on any atom is -0.467 e. The lowest BCUT2D eigenvalue weighted by Gasteiger charge is -2.40. The minimum absolute atomic E-state index is 0.124. The quantitative estimate of drug-likeness (QED) is 0.888. The fourth-order valence-electron chi connectivity index (χ4n) is 2.80. The van der Waals surface area contributed by atoms with Crippen molar-refractivity contribution < 1.29 is 4.74 Å². The lowest BCUT2D eigenvalue weighted by Crippen LogP contribution is -2.49. The smallest absolute Gasteiger partial charge is 0.318 e. The van der Waals surface area contributed by atoms with Crippen molar-refractivity contribution >= 4 is 17.4 Å². The Morgan fingerprint density at radius 3 is 3.05 bits per heavy atom. The molecule has 6 heteroatoms. The molecule has 0 amide bonds. The topological polar surface area (TPSA) is 73.1 Å². The van der Waals surface area contributed by atoms with Gasteiger partial charge in [0.2, 0.25) is 0 Å². The predicted octanol–water partition coefficient (Wildman–Crippen LogP) is 2.46. The molecule has 0 aromatic carbocycles. The van der Waals surface area contributed by atoms with E-state index in [1.165, 1.54) is 20.0 Å². The molecular formula is C13H21ClN4O. The number of methoxy groups -OCH3 is 1. The predicted molar refractivity (Wildman–Crippen MR) is 76.6 cm³/mol. The van der Waals surface area contributed by atoms with Crippen molar-refractivity contribution in [3.05, 3.63) is 11.2 Å². The molecular weight excluding hydrogens is 264 g/mol. The zero-order valence-electron chi connectivity index (χ0n) is 11.4. The van der Waals surface area contributed by atoms with Crippen molar-refractivity contribution in [1.29, 1.82) is 0 Å². The Labute approximate surface area is 118 Å². The maximum absolute atomic E-state index is 6.14. The average molecular weight is 285 g/mol. The van der Waals surface area contributed by atoms with E-state index in [1.54, 1.807) is 6.20 Å². The van der Waals surface area contributed by atoms with E-state index in [4.69, 9.17) is 22.1 Å². The molecule has 1 aliphatic rings. The van der Waals surface area contributed by atoms with Gasteiger partial charge in [0, 0.05) is 6.54 Å². The van der Waals surface area contributed by atoms with Crippen LogP contribution in [0.2, 0.25) is 5.02 Å². The van der Waals surface area contributed by atoms with Gasteiger partial charge in [0.05, 0.1) is 18.8 Å². The molecule has 1 aliphatic carbocycles. The van der Waals surface area contributed by atoms with Crippen molar-refractivity contribution in [2.75, 3.05) is 19.0 Å². The fourth-order valence-corrected chi connectivity index (χ4v) is 2.94. The van der Waals surface area contributed by atoms with Gasteiger partial charge >= 0.3 is 6.01 Å². The first kappa shape index (κ1) is 14.3. The highest BCUT2D eigenvalue weighted by Gasteiger charge is 2.34. The van der Waals surface area contributed by atoms with Gasteiger partial charge in [-0.2, -0.15) is 4.98 Å². The molecule has 2 rings (SSSR count). The van der Waals surface area contributed by atoms with Crippen molar-refractivity contribution in [3.8, 4) is 6.01 Å². The number of nitrogens with two attached hydrogens (primary N) is 1. The van der Waals surface area contributed by atoms with Gasteiger partial charge in [-0.3, -0.25) is 0 Å². The van der Waals surface area contributed by atoms with E-state index in [9.17, 15) is 0 Å². The van der Waals surface area contributed by atoms with Crippen molar-refractivity contribution in [1.82, 2.24) is 9.97 Å². The normalized spacial score (nSPS) is 27.1. The maximum atomic E-state index is 6.14. The molecule has 2 unspecified atom stereocenters. The molecule has 2 atom stereocenters. The van der Waals surface area contributed by atoms with E-state index in [2.05, 4.69) is 22.2 Å². The van der Waals surface area contributed by atoms with Crippen molar-refractivity contribution in [3.63, 3.8) is 0 Å². The molecule has 106 valence electrons. The van der Waals surface area contributed by atoms with Crippen LogP contribution in [-0.2, 0) is 0 Å². The monoisotopic (exact) mass is 284 g/mol. The standard InChI is InChI=1S/C13H21ClN4O/c1-9-4-3-5-13(6-9,8-15)18-11-10(14)7-16-12(17-11)19-2/h7,9H,3-6,8,15H2,1-2H3,(H,16,17,18). The third-order valence-corrected chi connectivity index (χ3v) is 4.05.